The summed E-state index contributed by atoms with van der Waals surface area (Å²) in [5.41, 5.74) is 3.54. The van der Waals surface area contributed by atoms with Crippen molar-refractivity contribution >= 4 is 17.6 Å². The number of aryl methyl sites for hydroxylation is 2. The summed E-state index contributed by atoms with van der Waals surface area (Å²) in [7, 11) is 0. The van der Waals surface area contributed by atoms with Crippen LogP contribution in [0, 0.1) is 13.8 Å². The Labute approximate surface area is 221 Å². The number of amides is 2. The second-order valence-corrected chi connectivity index (χ2v) is 9.44. The van der Waals surface area contributed by atoms with Crippen LogP contribution >= 0.6 is 0 Å². The van der Waals surface area contributed by atoms with Gasteiger partial charge in [-0.25, -0.2) is 9.97 Å². The highest BCUT2D eigenvalue weighted by molar-refractivity contribution is 5.94. The first kappa shape index (κ1) is 25.1. The van der Waals surface area contributed by atoms with Gasteiger partial charge in [0.1, 0.15) is 12.1 Å². The van der Waals surface area contributed by atoms with Gasteiger partial charge in [0.2, 0.25) is 11.9 Å². The Balaban J connectivity index is 1.37. The molecule has 1 aliphatic rings. The van der Waals surface area contributed by atoms with E-state index >= 15 is 0 Å². The highest BCUT2D eigenvalue weighted by Gasteiger charge is 2.33. The molecule has 0 aliphatic carbocycles. The molecule has 4 aromatic rings. The van der Waals surface area contributed by atoms with Gasteiger partial charge < -0.3 is 15.1 Å². The summed E-state index contributed by atoms with van der Waals surface area (Å²) in [5.74, 6) is 1.04. The van der Waals surface area contributed by atoms with E-state index in [0.717, 1.165) is 11.3 Å². The summed E-state index contributed by atoms with van der Waals surface area (Å²) in [6, 6.07) is 13.2. The average molecular weight is 511 g/mol. The zero-order chi connectivity index (χ0) is 26.5. The molecule has 1 aromatic carbocycles. The van der Waals surface area contributed by atoms with Gasteiger partial charge in [-0.1, -0.05) is 29.8 Å². The Morgan fingerprint density at radius 3 is 2.61 bits per heavy atom. The van der Waals surface area contributed by atoms with E-state index in [2.05, 4.69) is 25.2 Å². The molecule has 1 saturated heterocycles. The number of carbonyl (C=O) groups excluding carboxylic acids is 2. The Morgan fingerprint density at radius 1 is 1.03 bits per heavy atom. The van der Waals surface area contributed by atoms with Gasteiger partial charge in [-0.15, -0.1) is 0 Å². The van der Waals surface area contributed by atoms with Crippen LogP contribution < -0.4 is 10.2 Å². The number of imidazole rings is 1. The van der Waals surface area contributed by atoms with Crippen molar-refractivity contribution in [3.8, 4) is 5.95 Å². The first-order chi connectivity index (χ1) is 18.5. The minimum atomic E-state index is -0.271. The smallest absolute Gasteiger partial charge is 0.255 e. The molecule has 1 atom stereocenters. The van der Waals surface area contributed by atoms with Crippen LogP contribution in [0.25, 0.3) is 5.95 Å². The Morgan fingerprint density at radius 2 is 1.87 bits per heavy atom. The Kier molecular flexibility index (Phi) is 7.39. The fourth-order valence-electron chi connectivity index (χ4n) is 4.56. The van der Waals surface area contributed by atoms with Gasteiger partial charge in [0.05, 0.1) is 11.6 Å². The molecule has 4 heterocycles. The molecule has 10 nitrogen and oxygen atoms in total. The lowest BCUT2D eigenvalue weighted by Crippen LogP contribution is -2.56. The SMILES string of the molecule is Cc1ccc(CNC(=O)CC2CN(C(=O)c3cccnc3)CCN2c2cc(C)nc(-n3ccnc3)n2)cc1. The summed E-state index contributed by atoms with van der Waals surface area (Å²) in [6.07, 6.45) is 8.55. The van der Waals surface area contributed by atoms with Crippen LogP contribution in [0.5, 0.6) is 0 Å². The maximum absolute atomic E-state index is 13.2. The summed E-state index contributed by atoms with van der Waals surface area (Å²) in [5, 5.41) is 3.03. The molecule has 0 radical (unpaired) electrons. The number of anilines is 1. The van der Waals surface area contributed by atoms with E-state index in [4.69, 9.17) is 4.98 Å². The minimum Gasteiger partial charge on any atom is -0.352 e. The van der Waals surface area contributed by atoms with Crippen molar-refractivity contribution in [1.82, 2.24) is 34.7 Å². The molecule has 0 saturated carbocycles. The van der Waals surface area contributed by atoms with Crippen LogP contribution in [0.3, 0.4) is 0 Å². The number of benzene rings is 1. The number of nitrogens with zero attached hydrogens (tertiary/aromatic N) is 7. The number of rotatable bonds is 7. The first-order valence-electron chi connectivity index (χ1n) is 12.6. The maximum atomic E-state index is 13.2. The van der Waals surface area contributed by atoms with Crippen molar-refractivity contribution in [3.63, 3.8) is 0 Å². The maximum Gasteiger partial charge on any atom is 0.255 e. The van der Waals surface area contributed by atoms with Crippen LogP contribution in [0.15, 0.2) is 73.6 Å². The van der Waals surface area contributed by atoms with E-state index in [1.54, 1.807) is 52.7 Å². The molecule has 0 bridgehead atoms. The van der Waals surface area contributed by atoms with Crippen LogP contribution in [0.2, 0.25) is 0 Å². The average Bonchev–Trinajstić information content (AvgIpc) is 3.48. The monoisotopic (exact) mass is 510 g/mol. The Hall–Kier alpha value is -4.60. The van der Waals surface area contributed by atoms with Gasteiger partial charge in [0, 0.05) is 69.1 Å². The highest BCUT2D eigenvalue weighted by Crippen LogP contribution is 2.23. The fourth-order valence-corrected chi connectivity index (χ4v) is 4.56. The molecule has 1 aliphatic heterocycles. The van der Waals surface area contributed by atoms with Crippen molar-refractivity contribution in [2.75, 3.05) is 24.5 Å². The predicted molar refractivity (Wildman–Crippen MR) is 143 cm³/mol. The summed E-state index contributed by atoms with van der Waals surface area (Å²) >= 11 is 0. The third kappa shape index (κ3) is 5.86. The standard InChI is InChI=1S/C28H30N8O2/c1-20-5-7-22(8-6-20)16-31-26(37)15-24-18-34(27(38)23-4-3-9-29-17-23)12-13-36(24)25-14-21(2)32-28(33-25)35-11-10-30-19-35/h3-11,14,17,19,24H,12-13,15-16,18H2,1-2H3,(H,31,37). The number of nitrogens with one attached hydrogen (secondary N) is 1. The summed E-state index contributed by atoms with van der Waals surface area (Å²) < 4.78 is 1.75. The first-order valence-corrected chi connectivity index (χ1v) is 12.6. The molecule has 194 valence electrons. The number of hydrogen-bond donors (Lipinski definition) is 1. The van der Waals surface area contributed by atoms with E-state index in [9.17, 15) is 9.59 Å². The number of carbonyl (C=O) groups is 2. The topological polar surface area (TPSA) is 109 Å². The molecule has 1 unspecified atom stereocenters. The van der Waals surface area contributed by atoms with Crippen molar-refractivity contribution in [1.29, 1.82) is 0 Å². The van der Waals surface area contributed by atoms with Crippen LogP contribution in [-0.4, -0.2) is 66.9 Å². The Bertz CT molecular complexity index is 1390. The quantitative estimate of drug-likeness (QED) is 0.407. The second kappa shape index (κ2) is 11.2. The molecule has 0 spiro atoms. The van der Waals surface area contributed by atoms with Crippen LogP contribution in [0.4, 0.5) is 5.82 Å². The zero-order valence-electron chi connectivity index (χ0n) is 21.5. The van der Waals surface area contributed by atoms with Crippen molar-refractivity contribution < 1.29 is 9.59 Å². The zero-order valence-corrected chi connectivity index (χ0v) is 21.5. The summed E-state index contributed by atoms with van der Waals surface area (Å²) in [6.45, 7) is 5.81. The largest absolute Gasteiger partial charge is 0.352 e. The molecule has 3 aromatic heterocycles. The van der Waals surface area contributed by atoms with Gasteiger partial charge in [-0.3, -0.25) is 19.1 Å². The number of piperazine rings is 1. The lowest BCUT2D eigenvalue weighted by molar-refractivity contribution is -0.121. The molecule has 10 heteroatoms. The van der Waals surface area contributed by atoms with Gasteiger partial charge in [0.25, 0.3) is 5.91 Å². The third-order valence-electron chi connectivity index (χ3n) is 6.57. The van der Waals surface area contributed by atoms with Crippen molar-refractivity contribution in [2.24, 2.45) is 0 Å². The normalized spacial score (nSPS) is 15.4. The van der Waals surface area contributed by atoms with Gasteiger partial charge in [0.15, 0.2) is 0 Å². The minimum absolute atomic E-state index is 0.0862. The molecule has 5 rings (SSSR count). The van der Waals surface area contributed by atoms with E-state index in [1.807, 2.05) is 44.2 Å². The van der Waals surface area contributed by atoms with Crippen molar-refractivity contribution in [3.05, 3.63) is 96.0 Å². The van der Waals surface area contributed by atoms with Crippen molar-refractivity contribution in [2.45, 2.75) is 32.9 Å². The predicted octanol–water partition coefficient (Wildman–Crippen LogP) is 2.71. The molecule has 38 heavy (non-hydrogen) atoms. The number of hydrogen-bond acceptors (Lipinski definition) is 7. The van der Waals surface area contributed by atoms with Crippen LogP contribution in [-0.2, 0) is 11.3 Å². The van der Waals surface area contributed by atoms with Gasteiger partial charge >= 0.3 is 0 Å². The summed E-state index contributed by atoms with van der Waals surface area (Å²) in [4.78, 5) is 47.7. The van der Waals surface area contributed by atoms with Gasteiger partial charge in [-0.2, -0.15) is 4.98 Å². The van der Waals surface area contributed by atoms with E-state index in [1.165, 1.54) is 5.56 Å². The van der Waals surface area contributed by atoms with E-state index in [0.29, 0.717) is 43.5 Å². The molecular weight excluding hydrogens is 480 g/mol. The van der Waals surface area contributed by atoms with Crippen LogP contribution in [0.1, 0.15) is 33.6 Å². The van der Waals surface area contributed by atoms with E-state index < -0.39 is 0 Å². The highest BCUT2D eigenvalue weighted by atomic mass is 16.2. The van der Waals surface area contributed by atoms with Gasteiger partial charge in [-0.05, 0) is 31.5 Å². The second-order valence-electron chi connectivity index (χ2n) is 9.44. The number of aromatic nitrogens is 5. The molecule has 2 amide bonds. The van der Waals surface area contributed by atoms with E-state index in [-0.39, 0.29) is 24.3 Å². The molecular formula is C28H30N8O2. The molecule has 1 fully saturated rings. The molecule has 1 N–H and O–H groups in total. The number of pyridine rings is 1. The lowest BCUT2D eigenvalue weighted by Gasteiger charge is -2.42. The fraction of sp³-hybridized carbons (Fsp3) is 0.286. The lowest BCUT2D eigenvalue weighted by atomic mass is 10.1. The third-order valence-corrected chi connectivity index (χ3v) is 6.57.